The van der Waals surface area contributed by atoms with Gasteiger partial charge in [-0.1, -0.05) is 11.2 Å². The normalized spacial score (nSPS) is 16.7. The monoisotopic (exact) mass is 353 g/mol. The third-order valence-electron chi connectivity index (χ3n) is 4.24. The van der Waals surface area contributed by atoms with Gasteiger partial charge in [0.2, 0.25) is 0 Å². The van der Waals surface area contributed by atoms with Gasteiger partial charge in [-0.15, -0.1) is 0 Å². The Bertz CT molecular complexity index is 911. The van der Waals surface area contributed by atoms with E-state index in [0.717, 1.165) is 30.8 Å². The van der Waals surface area contributed by atoms with Crippen molar-refractivity contribution in [2.45, 2.75) is 25.5 Å². The van der Waals surface area contributed by atoms with Crippen molar-refractivity contribution in [3.63, 3.8) is 0 Å². The summed E-state index contributed by atoms with van der Waals surface area (Å²) < 4.78 is 18.1. The first-order valence-corrected chi connectivity index (χ1v) is 8.61. The molecule has 0 aliphatic carbocycles. The first-order chi connectivity index (χ1) is 12.8. The van der Waals surface area contributed by atoms with E-state index in [4.69, 9.17) is 14.0 Å². The molecule has 7 nitrogen and oxygen atoms in total. The number of aromatic nitrogens is 3. The predicted octanol–water partition coefficient (Wildman–Crippen LogP) is 2.50. The number of hydrogen-bond acceptors (Lipinski definition) is 6. The Morgan fingerprint density at radius 1 is 1.19 bits per heavy atom. The molecule has 1 aromatic carbocycles. The van der Waals surface area contributed by atoms with E-state index in [1.54, 1.807) is 18.3 Å². The van der Waals surface area contributed by atoms with Crippen LogP contribution in [0.5, 0.6) is 5.75 Å². The Kier molecular flexibility index (Phi) is 4.79. The lowest BCUT2D eigenvalue weighted by molar-refractivity contribution is 0.0679. The molecular formula is C19H19N3O4. The Hall–Kier alpha value is -2.93. The number of benzene rings is 1. The summed E-state index contributed by atoms with van der Waals surface area (Å²) in [5.74, 6) is 1.64. The van der Waals surface area contributed by atoms with E-state index in [0.29, 0.717) is 18.3 Å². The number of pyridine rings is 1. The van der Waals surface area contributed by atoms with Crippen molar-refractivity contribution >= 4 is 0 Å². The van der Waals surface area contributed by atoms with Gasteiger partial charge in [0.25, 0.3) is 11.4 Å². The van der Waals surface area contributed by atoms with Crippen molar-refractivity contribution in [1.82, 2.24) is 14.7 Å². The van der Waals surface area contributed by atoms with E-state index < -0.39 is 0 Å². The van der Waals surface area contributed by atoms with E-state index in [9.17, 15) is 4.79 Å². The molecule has 1 unspecified atom stereocenters. The summed E-state index contributed by atoms with van der Waals surface area (Å²) in [5.41, 5.74) is 0.695. The fourth-order valence-corrected chi connectivity index (χ4v) is 2.84. The van der Waals surface area contributed by atoms with Crippen molar-refractivity contribution in [2.75, 3.05) is 13.2 Å². The van der Waals surface area contributed by atoms with Gasteiger partial charge in [-0.3, -0.25) is 4.79 Å². The van der Waals surface area contributed by atoms with Crippen LogP contribution in [-0.2, 0) is 11.3 Å². The number of ether oxygens (including phenoxy) is 2. The first kappa shape index (κ1) is 16.5. The van der Waals surface area contributed by atoms with Gasteiger partial charge in [-0.2, -0.15) is 4.98 Å². The molecule has 134 valence electrons. The summed E-state index contributed by atoms with van der Waals surface area (Å²) in [5, 5.41) is 3.95. The fourth-order valence-electron chi connectivity index (χ4n) is 2.84. The molecule has 0 radical (unpaired) electrons. The van der Waals surface area contributed by atoms with Gasteiger partial charge >= 0.3 is 0 Å². The maximum Gasteiger partial charge on any atom is 0.257 e. The van der Waals surface area contributed by atoms with Crippen LogP contribution in [0.2, 0.25) is 0 Å². The molecule has 1 fully saturated rings. The Balaban J connectivity index is 1.40. The molecule has 0 spiro atoms. The lowest BCUT2D eigenvalue weighted by Gasteiger charge is -2.11. The average Bonchev–Trinajstić information content (AvgIpc) is 3.34. The maximum atomic E-state index is 11.7. The number of nitrogens with zero attached hydrogens (tertiary/aromatic N) is 3. The molecule has 0 saturated carbocycles. The van der Waals surface area contributed by atoms with E-state index >= 15 is 0 Å². The Labute approximate surface area is 150 Å². The molecule has 3 aromatic rings. The van der Waals surface area contributed by atoms with Gasteiger partial charge in [-0.25, -0.2) is 0 Å². The van der Waals surface area contributed by atoms with Crippen molar-refractivity contribution in [1.29, 1.82) is 0 Å². The summed E-state index contributed by atoms with van der Waals surface area (Å²) in [7, 11) is 0. The second-order valence-corrected chi connectivity index (χ2v) is 6.15. The molecule has 4 rings (SSSR count). The second-order valence-electron chi connectivity index (χ2n) is 6.15. The topological polar surface area (TPSA) is 79.4 Å². The molecule has 0 amide bonds. The average molecular weight is 353 g/mol. The van der Waals surface area contributed by atoms with E-state index in [-0.39, 0.29) is 18.2 Å². The largest absolute Gasteiger partial charge is 0.491 e. The molecule has 2 aromatic heterocycles. The molecule has 0 bridgehead atoms. The zero-order valence-corrected chi connectivity index (χ0v) is 14.2. The third-order valence-corrected chi connectivity index (χ3v) is 4.24. The minimum absolute atomic E-state index is 0.105. The van der Waals surface area contributed by atoms with Gasteiger partial charge in [0.15, 0.2) is 5.82 Å². The highest BCUT2D eigenvalue weighted by molar-refractivity contribution is 5.54. The van der Waals surface area contributed by atoms with Crippen LogP contribution >= 0.6 is 0 Å². The Morgan fingerprint density at radius 2 is 2.08 bits per heavy atom. The van der Waals surface area contributed by atoms with E-state index in [1.807, 2.05) is 24.3 Å². The smallest absolute Gasteiger partial charge is 0.257 e. The molecule has 1 atom stereocenters. The minimum atomic E-state index is -0.105. The molecule has 7 heteroatoms. The van der Waals surface area contributed by atoms with Crippen molar-refractivity contribution in [3.05, 3.63) is 64.8 Å². The fraction of sp³-hybridized carbons (Fsp3) is 0.316. The zero-order chi connectivity index (χ0) is 17.8. The molecule has 26 heavy (non-hydrogen) atoms. The van der Waals surface area contributed by atoms with Crippen LogP contribution in [0.1, 0.15) is 18.7 Å². The van der Waals surface area contributed by atoms with Gasteiger partial charge in [0.1, 0.15) is 12.4 Å². The molecular weight excluding hydrogens is 334 g/mol. The summed E-state index contributed by atoms with van der Waals surface area (Å²) in [4.78, 5) is 16.1. The van der Waals surface area contributed by atoms with Gasteiger partial charge in [0, 0.05) is 24.4 Å². The van der Waals surface area contributed by atoms with Crippen LogP contribution in [0.25, 0.3) is 11.5 Å². The van der Waals surface area contributed by atoms with Crippen molar-refractivity contribution < 1.29 is 14.0 Å². The van der Waals surface area contributed by atoms with Gasteiger partial charge in [-0.05, 0) is 43.2 Å². The molecule has 1 saturated heterocycles. The van der Waals surface area contributed by atoms with E-state index in [2.05, 4.69) is 10.1 Å². The summed E-state index contributed by atoms with van der Waals surface area (Å²) in [6, 6.07) is 12.5. The quantitative estimate of drug-likeness (QED) is 0.677. The van der Waals surface area contributed by atoms with Gasteiger partial charge < -0.3 is 18.6 Å². The molecule has 0 N–H and O–H groups in total. The van der Waals surface area contributed by atoms with Crippen LogP contribution in [0.4, 0.5) is 0 Å². The number of hydrogen-bond donors (Lipinski definition) is 0. The minimum Gasteiger partial charge on any atom is -0.491 e. The molecule has 1 aliphatic heterocycles. The van der Waals surface area contributed by atoms with Crippen molar-refractivity contribution in [2.24, 2.45) is 0 Å². The lowest BCUT2D eigenvalue weighted by Crippen LogP contribution is -2.18. The molecule has 3 heterocycles. The SMILES string of the molecule is O=c1ccccn1Cc1noc(-c2ccc(OCC3CCCO3)cc2)n1. The predicted molar refractivity (Wildman–Crippen MR) is 94.0 cm³/mol. The summed E-state index contributed by atoms with van der Waals surface area (Å²) >= 11 is 0. The third kappa shape index (κ3) is 3.83. The van der Waals surface area contributed by atoms with Crippen LogP contribution in [0, 0.1) is 0 Å². The summed E-state index contributed by atoms with van der Waals surface area (Å²) in [6.45, 7) is 1.66. The summed E-state index contributed by atoms with van der Waals surface area (Å²) in [6.07, 6.45) is 4.03. The zero-order valence-electron chi connectivity index (χ0n) is 14.2. The van der Waals surface area contributed by atoms with Crippen LogP contribution in [-0.4, -0.2) is 34.0 Å². The van der Waals surface area contributed by atoms with E-state index in [1.165, 1.54) is 10.6 Å². The molecule has 1 aliphatic rings. The first-order valence-electron chi connectivity index (χ1n) is 8.61. The van der Waals surface area contributed by atoms with Crippen LogP contribution in [0.3, 0.4) is 0 Å². The van der Waals surface area contributed by atoms with Crippen molar-refractivity contribution in [3.8, 4) is 17.2 Å². The second kappa shape index (κ2) is 7.53. The lowest BCUT2D eigenvalue weighted by atomic mass is 10.2. The highest BCUT2D eigenvalue weighted by atomic mass is 16.5. The Morgan fingerprint density at radius 3 is 2.85 bits per heavy atom. The highest BCUT2D eigenvalue weighted by Gasteiger charge is 2.16. The standard InChI is InChI=1S/C19H19N3O4/c23-18-5-1-2-10-22(18)12-17-20-19(26-21-17)14-6-8-15(9-7-14)25-13-16-4-3-11-24-16/h1-2,5-10,16H,3-4,11-13H2. The van der Waals surface area contributed by atoms with Crippen LogP contribution in [0.15, 0.2) is 58.0 Å². The maximum absolute atomic E-state index is 11.7. The number of rotatable bonds is 6. The van der Waals surface area contributed by atoms with Gasteiger partial charge in [0.05, 0.1) is 12.6 Å². The highest BCUT2D eigenvalue weighted by Crippen LogP contribution is 2.22. The van der Waals surface area contributed by atoms with Crippen LogP contribution < -0.4 is 10.3 Å².